The number of carbonyl (C=O) groups excluding carboxylic acids is 2. The minimum absolute atomic E-state index is 0.178. The zero-order valence-corrected chi connectivity index (χ0v) is 18.2. The predicted molar refractivity (Wildman–Crippen MR) is 122 cm³/mol. The number of carbonyl (C=O) groups is 2. The first-order valence-corrected chi connectivity index (χ1v) is 11.8. The summed E-state index contributed by atoms with van der Waals surface area (Å²) in [6, 6.07) is 15.8. The van der Waals surface area contributed by atoms with Gasteiger partial charge in [-0.2, -0.15) is 0 Å². The standard InChI is InChI=1S/C26H28O3S/c1-18(26(28)29-15-7-10-19-8-3-2-4-9-19)20-13-14-23-24(16-20)30-17-21-11-5-6-12-22(21)25(23)27/h2-4,7-10,13-14,16,18,21-22H,5-6,11-12,15,17H2,1H3/b10-7+/t18?,21-,22+/m0/s1. The highest BCUT2D eigenvalue weighted by Gasteiger charge is 2.35. The van der Waals surface area contributed by atoms with Crippen molar-refractivity contribution in [1.29, 1.82) is 0 Å². The molecule has 1 heterocycles. The van der Waals surface area contributed by atoms with Crippen LogP contribution in [0.4, 0.5) is 0 Å². The number of benzene rings is 2. The Morgan fingerprint density at radius 1 is 1.17 bits per heavy atom. The van der Waals surface area contributed by atoms with Crippen LogP contribution < -0.4 is 0 Å². The van der Waals surface area contributed by atoms with Crippen molar-refractivity contribution in [3.63, 3.8) is 0 Å². The molecule has 2 aromatic carbocycles. The lowest BCUT2D eigenvalue weighted by Crippen LogP contribution is -2.27. The van der Waals surface area contributed by atoms with Crippen molar-refractivity contribution in [2.45, 2.75) is 43.4 Å². The Morgan fingerprint density at radius 2 is 1.97 bits per heavy atom. The van der Waals surface area contributed by atoms with Crippen LogP contribution in [0.3, 0.4) is 0 Å². The zero-order chi connectivity index (χ0) is 20.9. The first-order chi connectivity index (χ1) is 14.6. The van der Waals surface area contributed by atoms with Crippen LogP contribution in [0.25, 0.3) is 6.08 Å². The number of hydrogen-bond acceptors (Lipinski definition) is 4. The molecule has 4 heteroatoms. The van der Waals surface area contributed by atoms with Crippen LogP contribution in [0, 0.1) is 11.8 Å². The van der Waals surface area contributed by atoms with Crippen molar-refractivity contribution in [3.05, 3.63) is 71.3 Å². The highest BCUT2D eigenvalue weighted by Crippen LogP contribution is 2.42. The molecule has 0 saturated heterocycles. The summed E-state index contributed by atoms with van der Waals surface area (Å²) in [6.07, 6.45) is 8.37. The lowest BCUT2D eigenvalue weighted by Gasteiger charge is -2.28. The molecular formula is C26H28O3S. The topological polar surface area (TPSA) is 43.4 Å². The Hall–Kier alpha value is -2.33. The predicted octanol–water partition coefficient (Wildman–Crippen LogP) is 6.14. The van der Waals surface area contributed by atoms with Crippen LogP contribution in [0.1, 0.15) is 60.0 Å². The van der Waals surface area contributed by atoms with E-state index in [9.17, 15) is 9.59 Å². The van der Waals surface area contributed by atoms with E-state index in [1.807, 2.05) is 67.6 Å². The lowest BCUT2D eigenvalue weighted by atomic mass is 9.76. The van der Waals surface area contributed by atoms with Crippen LogP contribution in [0.2, 0.25) is 0 Å². The van der Waals surface area contributed by atoms with E-state index in [2.05, 4.69) is 0 Å². The van der Waals surface area contributed by atoms with Gasteiger partial charge in [-0.05, 0) is 55.0 Å². The highest BCUT2D eigenvalue weighted by atomic mass is 32.2. The van der Waals surface area contributed by atoms with Gasteiger partial charge in [0.25, 0.3) is 0 Å². The number of Topliss-reactive ketones (excluding diaryl/α,β-unsaturated/α-hetero) is 1. The molecule has 0 bridgehead atoms. The Balaban J connectivity index is 1.40. The Morgan fingerprint density at radius 3 is 2.80 bits per heavy atom. The minimum Gasteiger partial charge on any atom is -0.461 e. The number of ether oxygens (including phenoxy) is 1. The summed E-state index contributed by atoms with van der Waals surface area (Å²) in [7, 11) is 0. The maximum atomic E-state index is 13.1. The maximum absolute atomic E-state index is 13.1. The fraction of sp³-hybridized carbons (Fsp3) is 0.385. The van der Waals surface area contributed by atoms with Gasteiger partial charge in [-0.15, -0.1) is 11.8 Å². The maximum Gasteiger partial charge on any atom is 0.313 e. The first-order valence-electron chi connectivity index (χ1n) is 10.8. The summed E-state index contributed by atoms with van der Waals surface area (Å²) in [4.78, 5) is 26.6. The molecule has 3 nitrogen and oxygen atoms in total. The number of fused-ring (bicyclic) bond motifs is 2. The molecule has 1 fully saturated rings. The molecule has 0 radical (unpaired) electrons. The van der Waals surface area contributed by atoms with Crippen LogP contribution in [0.5, 0.6) is 0 Å². The van der Waals surface area contributed by atoms with Crippen LogP contribution in [-0.4, -0.2) is 24.1 Å². The molecule has 0 aromatic heterocycles. The van der Waals surface area contributed by atoms with E-state index in [1.54, 1.807) is 11.8 Å². The fourth-order valence-electron chi connectivity index (χ4n) is 4.42. The van der Waals surface area contributed by atoms with Crippen molar-refractivity contribution >= 4 is 29.6 Å². The summed E-state index contributed by atoms with van der Waals surface area (Å²) in [6.45, 7) is 2.12. The Labute approximate surface area is 182 Å². The molecule has 2 aromatic rings. The van der Waals surface area contributed by atoms with Crippen molar-refractivity contribution in [1.82, 2.24) is 0 Å². The fourth-order valence-corrected chi connectivity index (χ4v) is 5.76. The van der Waals surface area contributed by atoms with E-state index in [1.165, 1.54) is 6.42 Å². The molecule has 4 rings (SSSR count). The van der Waals surface area contributed by atoms with Gasteiger partial charge in [0.1, 0.15) is 6.61 Å². The molecule has 0 N–H and O–H groups in total. The molecule has 1 aliphatic carbocycles. The van der Waals surface area contributed by atoms with Gasteiger partial charge in [-0.3, -0.25) is 9.59 Å². The molecule has 0 amide bonds. The van der Waals surface area contributed by atoms with Crippen molar-refractivity contribution in [3.8, 4) is 0 Å². The van der Waals surface area contributed by atoms with Crippen LogP contribution in [0.15, 0.2) is 59.5 Å². The highest BCUT2D eigenvalue weighted by molar-refractivity contribution is 7.99. The third-order valence-electron chi connectivity index (χ3n) is 6.26. The third kappa shape index (κ3) is 4.70. The van der Waals surface area contributed by atoms with Crippen molar-refractivity contribution in [2.24, 2.45) is 11.8 Å². The summed E-state index contributed by atoms with van der Waals surface area (Å²) < 4.78 is 5.45. The largest absolute Gasteiger partial charge is 0.461 e. The second kappa shape index (κ2) is 9.65. The molecule has 0 spiro atoms. The van der Waals surface area contributed by atoms with Gasteiger partial charge >= 0.3 is 5.97 Å². The van der Waals surface area contributed by atoms with E-state index < -0.39 is 0 Å². The number of esters is 1. The number of rotatable bonds is 5. The average Bonchev–Trinajstić information content (AvgIpc) is 2.93. The van der Waals surface area contributed by atoms with Gasteiger partial charge in [-0.1, -0.05) is 55.3 Å². The smallest absolute Gasteiger partial charge is 0.313 e. The van der Waals surface area contributed by atoms with Gasteiger partial charge in [0, 0.05) is 22.1 Å². The SMILES string of the molecule is CC(C(=O)OC/C=C/c1ccccc1)c1ccc2c(c1)SC[C@@H]1CCCC[C@H]1C2=O. The van der Waals surface area contributed by atoms with Crippen LogP contribution in [-0.2, 0) is 9.53 Å². The number of hydrogen-bond donors (Lipinski definition) is 0. The van der Waals surface area contributed by atoms with E-state index in [-0.39, 0.29) is 24.4 Å². The normalized spacial score (nSPS) is 22.1. The summed E-state index contributed by atoms with van der Waals surface area (Å²) >= 11 is 1.78. The number of ketones is 1. The number of thioether (sulfide) groups is 1. The van der Waals surface area contributed by atoms with Crippen molar-refractivity contribution in [2.75, 3.05) is 12.4 Å². The zero-order valence-electron chi connectivity index (χ0n) is 17.4. The second-order valence-electron chi connectivity index (χ2n) is 8.25. The van der Waals surface area contributed by atoms with E-state index in [4.69, 9.17) is 4.74 Å². The van der Waals surface area contributed by atoms with Gasteiger partial charge in [0.2, 0.25) is 0 Å². The quantitative estimate of drug-likeness (QED) is 0.545. The summed E-state index contributed by atoms with van der Waals surface area (Å²) in [5, 5.41) is 0. The van der Waals surface area contributed by atoms with E-state index in [0.717, 1.165) is 46.6 Å². The molecule has 2 aliphatic rings. The molecule has 156 valence electrons. The molecule has 3 atom stereocenters. The molecule has 30 heavy (non-hydrogen) atoms. The lowest BCUT2D eigenvalue weighted by molar-refractivity contribution is -0.143. The minimum atomic E-state index is -0.360. The Kier molecular flexibility index (Phi) is 6.73. The van der Waals surface area contributed by atoms with Crippen molar-refractivity contribution < 1.29 is 14.3 Å². The third-order valence-corrected chi connectivity index (χ3v) is 7.50. The molecule has 1 saturated carbocycles. The van der Waals surface area contributed by atoms with Gasteiger partial charge in [-0.25, -0.2) is 0 Å². The van der Waals surface area contributed by atoms with Gasteiger partial charge < -0.3 is 4.74 Å². The Bertz CT molecular complexity index is 935. The average molecular weight is 421 g/mol. The van der Waals surface area contributed by atoms with E-state index >= 15 is 0 Å². The monoisotopic (exact) mass is 420 g/mol. The molecule has 1 aliphatic heterocycles. The van der Waals surface area contributed by atoms with Crippen LogP contribution >= 0.6 is 11.8 Å². The van der Waals surface area contributed by atoms with Gasteiger partial charge in [0.05, 0.1) is 5.92 Å². The summed E-state index contributed by atoms with van der Waals surface area (Å²) in [5.41, 5.74) is 2.83. The summed E-state index contributed by atoms with van der Waals surface area (Å²) in [5.74, 6) is 1.36. The van der Waals surface area contributed by atoms with E-state index in [0.29, 0.717) is 11.7 Å². The molecular weight excluding hydrogens is 392 g/mol. The first kappa shape index (κ1) is 20.9. The molecule has 1 unspecified atom stereocenters. The second-order valence-corrected chi connectivity index (χ2v) is 9.31. The van der Waals surface area contributed by atoms with Gasteiger partial charge in [0.15, 0.2) is 5.78 Å².